The van der Waals surface area contributed by atoms with E-state index in [9.17, 15) is 0 Å². The Morgan fingerprint density at radius 1 is 1.57 bits per heavy atom. The quantitative estimate of drug-likeness (QED) is 0.777. The number of aliphatic hydroxyl groups excluding tert-OH is 1. The summed E-state index contributed by atoms with van der Waals surface area (Å²) in [7, 11) is 0. The van der Waals surface area contributed by atoms with E-state index in [0.717, 1.165) is 19.5 Å². The molecule has 2 rings (SSSR count). The molecule has 0 saturated carbocycles. The van der Waals surface area contributed by atoms with Crippen LogP contribution in [-0.2, 0) is 6.54 Å². The third-order valence-electron chi connectivity index (χ3n) is 2.82. The van der Waals surface area contributed by atoms with E-state index in [4.69, 9.17) is 5.11 Å². The van der Waals surface area contributed by atoms with E-state index in [1.165, 1.54) is 12.0 Å². The number of hydrogen-bond acceptors (Lipinski definition) is 3. The van der Waals surface area contributed by atoms with Gasteiger partial charge in [0.1, 0.15) is 0 Å². The van der Waals surface area contributed by atoms with Crippen LogP contribution < -0.4 is 0 Å². The predicted octanol–water partition coefficient (Wildman–Crippen LogP) is 1.04. The average Bonchev–Trinajstić information content (AvgIpc) is 2.67. The van der Waals surface area contributed by atoms with E-state index in [0.29, 0.717) is 6.04 Å². The number of likely N-dealkylation sites (tertiary alicyclic amines) is 1. The van der Waals surface area contributed by atoms with Crippen LogP contribution in [0.3, 0.4) is 0 Å². The van der Waals surface area contributed by atoms with Crippen LogP contribution in [0.15, 0.2) is 24.5 Å². The fraction of sp³-hybridized carbons (Fsp3) is 0.545. The summed E-state index contributed by atoms with van der Waals surface area (Å²) in [6, 6.07) is 4.40. The number of rotatable bonds is 3. The highest BCUT2D eigenvalue weighted by atomic mass is 16.3. The fourth-order valence-electron chi connectivity index (χ4n) is 2.04. The van der Waals surface area contributed by atoms with Crippen LogP contribution in [-0.4, -0.2) is 34.2 Å². The molecule has 1 fully saturated rings. The van der Waals surface area contributed by atoms with Gasteiger partial charge in [0.25, 0.3) is 0 Å². The minimum Gasteiger partial charge on any atom is -0.395 e. The van der Waals surface area contributed by atoms with E-state index in [1.807, 2.05) is 12.3 Å². The maximum absolute atomic E-state index is 9.16. The first-order valence-electron chi connectivity index (χ1n) is 5.14. The molecule has 0 spiro atoms. The Morgan fingerprint density at radius 3 is 3.21 bits per heavy atom. The topological polar surface area (TPSA) is 36.4 Å². The Bertz CT molecular complexity index is 276. The Balaban J connectivity index is 1.97. The van der Waals surface area contributed by atoms with Crippen LogP contribution in [0.1, 0.15) is 18.4 Å². The molecule has 0 aliphatic carbocycles. The summed E-state index contributed by atoms with van der Waals surface area (Å²) in [6.45, 7) is 2.29. The SMILES string of the molecule is OC[C@H]1CCCN1Cc1cccnc1. The molecule has 0 unspecified atom stereocenters. The van der Waals surface area contributed by atoms with Gasteiger partial charge in [0.15, 0.2) is 0 Å². The molecule has 1 aromatic rings. The molecule has 0 amide bonds. The maximum atomic E-state index is 9.16. The molecule has 14 heavy (non-hydrogen) atoms. The molecule has 0 bridgehead atoms. The molecule has 0 radical (unpaired) electrons. The van der Waals surface area contributed by atoms with Crippen LogP contribution in [0, 0.1) is 0 Å². The lowest BCUT2D eigenvalue weighted by molar-refractivity contribution is 0.153. The van der Waals surface area contributed by atoms with Gasteiger partial charge in [0.2, 0.25) is 0 Å². The predicted molar refractivity (Wildman–Crippen MR) is 54.8 cm³/mol. The first kappa shape index (κ1) is 9.62. The second-order valence-corrected chi connectivity index (χ2v) is 3.81. The van der Waals surface area contributed by atoms with Crippen LogP contribution in [0.5, 0.6) is 0 Å². The van der Waals surface area contributed by atoms with Crippen molar-refractivity contribution in [2.24, 2.45) is 0 Å². The zero-order valence-electron chi connectivity index (χ0n) is 8.26. The molecule has 76 valence electrons. The molecule has 1 aliphatic heterocycles. The Kier molecular flexibility index (Phi) is 3.11. The van der Waals surface area contributed by atoms with Gasteiger partial charge in [0, 0.05) is 25.0 Å². The second-order valence-electron chi connectivity index (χ2n) is 3.81. The molecular weight excluding hydrogens is 176 g/mol. The van der Waals surface area contributed by atoms with Crippen molar-refractivity contribution in [3.05, 3.63) is 30.1 Å². The summed E-state index contributed by atoms with van der Waals surface area (Å²) in [5, 5.41) is 9.16. The van der Waals surface area contributed by atoms with Crippen LogP contribution in [0.2, 0.25) is 0 Å². The molecule has 1 aliphatic rings. The zero-order chi connectivity index (χ0) is 9.80. The van der Waals surface area contributed by atoms with E-state index in [-0.39, 0.29) is 6.61 Å². The molecule has 3 nitrogen and oxygen atoms in total. The third-order valence-corrected chi connectivity index (χ3v) is 2.82. The number of aromatic nitrogens is 1. The largest absolute Gasteiger partial charge is 0.395 e. The van der Waals surface area contributed by atoms with Gasteiger partial charge < -0.3 is 5.11 Å². The summed E-state index contributed by atoms with van der Waals surface area (Å²) < 4.78 is 0. The average molecular weight is 192 g/mol. The highest BCUT2D eigenvalue weighted by Gasteiger charge is 2.23. The minimum absolute atomic E-state index is 0.278. The summed E-state index contributed by atoms with van der Waals surface area (Å²) in [4.78, 5) is 6.42. The highest BCUT2D eigenvalue weighted by molar-refractivity contribution is 5.08. The van der Waals surface area contributed by atoms with Crippen molar-refractivity contribution >= 4 is 0 Å². The van der Waals surface area contributed by atoms with E-state index in [1.54, 1.807) is 6.20 Å². The summed E-state index contributed by atoms with van der Waals surface area (Å²) >= 11 is 0. The van der Waals surface area contributed by atoms with Crippen molar-refractivity contribution in [3.8, 4) is 0 Å². The summed E-state index contributed by atoms with van der Waals surface area (Å²) in [6.07, 6.45) is 6.01. The summed E-state index contributed by atoms with van der Waals surface area (Å²) in [5.74, 6) is 0. The van der Waals surface area contributed by atoms with Gasteiger partial charge in [-0.3, -0.25) is 9.88 Å². The minimum atomic E-state index is 0.278. The molecule has 2 heterocycles. The van der Waals surface area contributed by atoms with E-state index >= 15 is 0 Å². The highest BCUT2D eigenvalue weighted by Crippen LogP contribution is 2.18. The molecule has 1 N–H and O–H groups in total. The van der Waals surface area contributed by atoms with Gasteiger partial charge in [-0.25, -0.2) is 0 Å². The van der Waals surface area contributed by atoms with Gasteiger partial charge in [-0.15, -0.1) is 0 Å². The maximum Gasteiger partial charge on any atom is 0.0587 e. The number of hydrogen-bond donors (Lipinski definition) is 1. The molecule has 1 saturated heterocycles. The van der Waals surface area contributed by atoms with Crippen LogP contribution in [0.4, 0.5) is 0 Å². The fourth-order valence-corrected chi connectivity index (χ4v) is 2.04. The number of nitrogens with zero attached hydrogens (tertiary/aromatic N) is 2. The summed E-state index contributed by atoms with van der Waals surface area (Å²) in [5.41, 5.74) is 1.23. The van der Waals surface area contributed by atoms with Crippen molar-refractivity contribution in [2.45, 2.75) is 25.4 Å². The zero-order valence-corrected chi connectivity index (χ0v) is 8.26. The van der Waals surface area contributed by atoms with Crippen molar-refractivity contribution < 1.29 is 5.11 Å². The van der Waals surface area contributed by atoms with Crippen LogP contribution in [0.25, 0.3) is 0 Å². The Labute approximate surface area is 84.4 Å². The van der Waals surface area contributed by atoms with Crippen molar-refractivity contribution in [3.63, 3.8) is 0 Å². The lowest BCUT2D eigenvalue weighted by Crippen LogP contribution is -2.31. The molecular formula is C11H16N2O. The molecule has 3 heteroatoms. The van der Waals surface area contributed by atoms with E-state index in [2.05, 4.69) is 16.0 Å². The third kappa shape index (κ3) is 2.11. The smallest absolute Gasteiger partial charge is 0.0587 e. The number of pyridine rings is 1. The first-order chi connectivity index (χ1) is 6.90. The normalized spacial score (nSPS) is 22.8. The van der Waals surface area contributed by atoms with Crippen LogP contribution >= 0.6 is 0 Å². The Morgan fingerprint density at radius 2 is 2.50 bits per heavy atom. The molecule has 1 atom stereocenters. The monoisotopic (exact) mass is 192 g/mol. The lowest BCUT2D eigenvalue weighted by atomic mass is 10.2. The van der Waals surface area contributed by atoms with Gasteiger partial charge in [-0.2, -0.15) is 0 Å². The van der Waals surface area contributed by atoms with Gasteiger partial charge in [0.05, 0.1) is 6.61 Å². The second kappa shape index (κ2) is 4.53. The molecule has 0 aromatic carbocycles. The molecule has 1 aromatic heterocycles. The first-order valence-corrected chi connectivity index (χ1v) is 5.14. The Hall–Kier alpha value is -0.930. The number of aliphatic hydroxyl groups is 1. The lowest BCUT2D eigenvalue weighted by Gasteiger charge is -2.22. The van der Waals surface area contributed by atoms with Gasteiger partial charge in [-0.05, 0) is 31.0 Å². The van der Waals surface area contributed by atoms with Gasteiger partial charge >= 0.3 is 0 Å². The van der Waals surface area contributed by atoms with Crippen molar-refractivity contribution in [1.82, 2.24) is 9.88 Å². The van der Waals surface area contributed by atoms with Gasteiger partial charge in [-0.1, -0.05) is 6.07 Å². The van der Waals surface area contributed by atoms with Crippen molar-refractivity contribution in [2.75, 3.05) is 13.2 Å². The van der Waals surface area contributed by atoms with E-state index < -0.39 is 0 Å². The van der Waals surface area contributed by atoms with Crippen molar-refractivity contribution in [1.29, 1.82) is 0 Å². The standard InChI is InChI=1S/C11H16N2O/c14-9-11-4-2-6-13(11)8-10-3-1-5-12-7-10/h1,3,5,7,11,14H,2,4,6,8-9H2/t11-/m1/s1.